The molecule has 0 saturated heterocycles. The molecule has 0 bridgehead atoms. The fourth-order valence-corrected chi connectivity index (χ4v) is 1.70. The minimum Gasteiger partial charge on any atom is -0.359 e. The lowest BCUT2D eigenvalue weighted by Crippen LogP contribution is -2.21. The number of carbonyl (C=O) groups excluding carboxylic acids is 1. The Balaban J connectivity index is 2.07. The molecule has 1 aromatic heterocycles. The maximum atomic E-state index is 10.9. The minimum absolute atomic E-state index is 0.0304. The second-order valence-electron chi connectivity index (χ2n) is 3.13. The summed E-state index contributed by atoms with van der Waals surface area (Å²) in [6.45, 7) is 1.41. The fraction of sp³-hybridized carbons (Fsp3) is 0.556. The van der Waals surface area contributed by atoms with Crippen molar-refractivity contribution in [2.75, 3.05) is 13.6 Å². The predicted octanol–water partition coefficient (Wildman–Crippen LogP) is 0.0522. The quantitative estimate of drug-likeness (QED) is 0.604. The monoisotopic (exact) mass is 229 g/mol. The third-order valence-electron chi connectivity index (χ3n) is 1.92. The molecule has 0 saturated carbocycles. The Hall–Kier alpha value is -1.14. The molecule has 1 rings (SSSR count). The van der Waals surface area contributed by atoms with E-state index in [1.54, 1.807) is 12.4 Å². The van der Waals surface area contributed by atoms with E-state index in [1.165, 1.54) is 0 Å². The lowest BCUT2D eigenvalue weighted by Gasteiger charge is -2.02. The maximum absolute atomic E-state index is 10.9. The number of carbonyl (C=O) groups is 1. The highest BCUT2D eigenvalue weighted by molar-refractivity contribution is 7.07. The van der Waals surface area contributed by atoms with Gasteiger partial charge in [0.05, 0.1) is 0 Å². The largest absolute Gasteiger partial charge is 0.359 e. The zero-order valence-electron chi connectivity index (χ0n) is 8.63. The van der Waals surface area contributed by atoms with Gasteiger partial charge in [0.15, 0.2) is 0 Å². The first-order chi connectivity index (χ1) is 7.22. The smallest absolute Gasteiger partial charge is 0.304 e. The Kier molecular flexibility index (Phi) is 5.06. The Morgan fingerprint density at radius 2 is 2.40 bits per heavy atom. The minimum atomic E-state index is -0.0304. The number of aromatic nitrogens is 1. The van der Waals surface area contributed by atoms with Crippen LogP contribution < -0.4 is 15.5 Å². The summed E-state index contributed by atoms with van der Waals surface area (Å²) in [5, 5.41) is 7.52. The highest BCUT2D eigenvalue weighted by atomic mass is 32.1. The van der Waals surface area contributed by atoms with Crippen molar-refractivity contribution in [1.29, 1.82) is 0 Å². The molecule has 0 spiro atoms. The number of aromatic amines is 1. The molecule has 1 heterocycles. The van der Waals surface area contributed by atoms with Crippen molar-refractivity contribution in [3.8, 4) is 0 Å². The summed E-state index contributed by atoms with van der Waals surface area (Å²) in [5.41, 5.74) is 0.893. The molecule has 0 aromatic carbocycles. The SMILES string of the molecule is CNC(=O)CCCNCc1csc(=O)[nH]1. The number of thiazole rings is 1. The van der Waals surface area contributed by atoms with Crippen LogP contribution in [0.3, 0.4) is 0 Å². The van der Waals surface area contributed by atoms with Gasteiger partial charge in [0.25, 0.3) is 0 Å². The van der Waals surface area contributed by atoms with Gasteiger partial charge in [0, 0.05) is 31.1 Å². The van der Waals surface area contributed by atoms with Gasteiger partial charge >= 0.3 is 4.87 Å². The van der Waals surface area contributed by atoms with Gasteiger partial charge in [0.1, 0.15) is 0 Å². The molecule has 3 N–H and O–H groups in total. The normalized spacial score (nSPS) is 10.2. The van der Waals surface area contributed by atoms with E-state index in [1.807, 2.05) is 0 Å². The average molecular weight is 229 g/mol. The Bertz CT molecular complexity index is 358. The summed E-state index contributed by atoms with van der Waals surface area (Å²) in [4.78, 5) is 24.3. The van der Waals surface area contributed by atoms with E-state index in [0.29, 0.717) is 13.0 Å². The first-order valence-corrected chi connectivity index (χ1v) is 5.68. The number of H-pyrrole nitrogens is 1. The van der Waals surface area contributed by atoms with Gasteiger partial charge in [-0.05, 0) is 13.0 Å². The molecular formula is C9H15N3O2S. The molecule has 0 unspecified atom stereocenters. The summed E-state index contributed by atoms with van der Waals surface area (Å²) in [6, 6.07) is 0. The molecule has 0 aliphatic carbocycles. The first kappa shape index (κ1) is 11.9. The lowest BCUT2D eigenvalue weighted by molar-refractivity contribution is -0.120. The van der Waals surface area contributed by atoms with E-state index >= 15 is 0 Å². The van der Waals surface area contributed by atoms with Gasteiger partial charge < -0.3 is 15.6 Å². The maximum Gasteiger partial charge on any atom is 0.304 e. The lowest BCUT2D eigenvalue weighted by atomic mass is 10.3. The third kappa shape index (κ3) is 4.75. The van der Waals surface area contributed by atoms with Crippen LogP contribution >= 0.6 is 11.3 Å². The molecule has 84 valence electrons. The molecule has 0 atom stereocenters. The topological polar surface area (TPSA) is 74.0 Å². The van der Waals surface area contributed by atoms with E-state index < -0.39 is 0 Å². The molecule has 6 heteroatoms. The summed E-state index contributed by atoms with van der Waals surface area (Å²) < 4.78 is 0. The summed E-state index contributed by atoms with van der Waals surface area (Å²) in [7, 11) is 1.63. The van der Waals surface area contributed by atoms with Crippen LogP contribution in [0.15, 0.2) is 10.2 Å². The highest BCUT2D eigenvalue weighted by Gasteiger charge is 1.98. The van der Waals surface area contributed by atoms with Crippen molar-refractivity contribution in [3.05, 3.63) is 20.7 Å². The van der Waals surface area contributed by atoms with Crippen molar-refractivity contribution in [2.45, 2.75) is 19.4 Å². The van der Waals surface area contributed by atoms with E-state index in [2.05, 4.69) is 15.6 Å². The van der Waals surface area contributed by atoms with Crippen LogP contribution in [-0.2, 0) is 11.3 Å². The van der Waals surface area contributed by atoms with Crippen molar-refractivity contribution >= 4 is 17.2 Å². The average Bonchev–Trinajstić information content (AvgIpc) is 2.63. The molecule has 1 amide bonds. The summed E-state index contributed by atoms with van der Waals surface area (Å²) in [6.07, 6.45) is 1.33. The van der Waals surface area contributed by atoms with Crippen molar-refractivity contribution in [3.63, 3.8) is 0 Å². The molecule has 0 aliphatic rings. The first-order valence-electron chi connectivity index (χ1n) is 4.80. The van der Waals surface area contributed by atoms with Gasteiger partial charge in [-0.15, -0.1) is 0 Å². The number of amides is 1. The fourth-order valence-electron chi connectivity index (χ4n) is 1.12. The van der Waals surface area contributed by atoms with Gasteiger partial charge in [-0.1, -0.05) is 11.3 Å². The molecule has 0 radical (unpaired) electrons. The molecule has 1 aromatic rings. The molecular weight excluding hydrogens is 214 g/mol. The van der Waals surface area contributed by atoms with Crippen molar-refractivity contribution in [2.24, 2.45) is 0 Å². The molecule has 0 aliphatic heterocycles. The molecule has 5 nitrogen and oxygen atoms in total. The molecule has 15 heavy (non-hydrogen) atoms. The van der Waals surface area contributed by atoms with Crippen molar-refractivity contribution in [1.82, 2.24) is 15.6 Å². The highest BCUT2D eigenvalue weighted by Crippen LogP contribution is 1.94. The van der Waals surface area contributed by atoms with Crippen LogP contribution in [0.2, 0.25) is 0 Å². The van der Waals surface area contributed by atoms with Crippen LogP contribution in [0.5, 0.6) is 0 Å². The van der Waals surface area contributed by atoms with Crippen LogP contribution in [0.4, 0.5) is 0 Å². The van der Waals surface area contributed by atoms with Crippen molar-refractivity contribution < 1.29 is 4.79 Å². The molecule has 0 fully saturated rings. The number of rotatable bonds is 6. The zero-order chi connectivity index (χ0) is 11.1. The number of nitrogens with one attached hydrogen (secondary N) is 3. The Labute approximate surface area is 91.9 Å². The number of hydrogen-bond donors (Lipinski definition) is 3. The summed E-state index contributed by atoms with van der Waals surface area (Å²) >= 11 is 1.16. The van der Waals surface area contributed by atoms with Crippen LogP contribution in [-0.4, -0.2) is 24.5 Å². The van der Waals surface area contributed by atoms with Crippen LogP contribution in [0, 0.1) is 0 Å². The van der Waals surface area contributed by atoms with Gasteiger partial charge in [0.2, 0.25) is 5.91 Å². The van der Waals surface area contributed by atoms with E-state index in [4.69, 9.17) is 0 Å². The van der Waals surface area contributed by atoms with E-state index in [9.17, 15) is 9.59 Å². The van der Waals surface area contributed by atoms with Gasteiger partial charge in [-0.25, -0.2) is 0 Å². The second-order valence-corrected chi connectivity index (χ2v) is 3.97. The van der Waals surface area contributed by atoms with Crippen LogP contribution in [0.25, 0.3) is 0 Å². The number of hydrogen-bond acceptors (Lipinski definition) is 4. The van der Waals surface area contributed by atoms with E-state index in [-0.39, 0.29) is 10.8 Å². The van der Waals surface area contributed by atoms with Crippen LogP contribution in [0.1, 0.15) is 18.5 Å². The standard InChI is InChI=1S/C9H15N3O2S/c1-10-8(13)3-2-4-11-5-7-6-15-9(14)12-7/h6,11H,2-5H2,1H3,(H,10,13)(H,12,14). The Morgan fingerprint density at radius 1 is 1.60 bits per heavy atom. The zero-order valence-corrected chi connectivity index (χ0v) is 9.45. The van der Waals surface area contributed by atoms with E-state index in [0.717, 1.165) is 30.0 Å². The summed E-state index contributed by atoms with van der Waals surface area (Å²) in [5.74, 6) is 0.0562. The predicted molar refractivity (Wildman–Crippen MR) is 59.9 cm³/mol. The van der Waals surface area contributed by atoms with Gasteiger partial charge in [-0.3, -0.25) is 9.59 Å². The second kappa shape index (κ2) is 6.36. The third-order valence-corrected chi connectivity index (χ3v) is 2.64. The van der Waals surface area contributed by atoms with Gasteiger partial charge in [-0.2, -0.15) is 0 Å². The Morgan fingerprint density at radius 3 is 3.00 bits per heavy atom.